The van der Waals surface area contributed by atoms with E-state index in [9.17, 15) is 73.0 Å². The molecule has 95 heavy (non-hydrogen) atoms. The number of nitrogens with zero attached hydrogens (tertiary/aromatic N) is 7. The Morgan fingerprint density at radius 1 is 0.821 bits per heavy atom. The molecular formula is C56H67N11O24P2S2. The monoisotopic (exact) mass is 1400 g/mol. The van der Waals surface area contributed by atoms with Crippen LogP contribution in [0, 0.1) is 5.92 Å². The molecule has 14 atom stereocenters. The number of benzene rings is 2. The topological polar surface area (TPSA) is 470 Å². The largest absolute Gasteiger partial charge is 0.479 e. The highest BCUT2D eigenvalue weighted by Crippen LogP contribution is 2.60. The van der Waals surface area contributed by atoms with Crippen LogP contribution in [0.3, 0.4) is 0 Å². The van der Waals surface area contributed by atoms with Crippen LogP contribution >= 0.6 is 38.1 Å². The molecule has 2 aromatic carbocycles. The number of fused-ring (bicyclic) bond motifs is 4. The van der Waals surface area contributed by atoms with Gasteiger partial charge in [-0.2, -0.15) is 4.98 Å². The molecule has 1 aliphatic carbocycles. The highest BCUT2D eigenvalue weighted by atomic mass is 32.7. The average Bonchev–Trinajstić information content (AvgIpc) is 1.63. The van der Waals surface area contributed by atoms with E-state index in [0.29, 0.717) is 19.3 Å². The van der Waals surface area contributed by atoms with Gasteiger partial charge in [-0.1, -0.05) is 55.2 Å². The minimum Gasteiger partial charge on any atom is -0.479 e. The maximum Gasteiger partial charge on any atom is 0.410 e. The Kier molecular flexibility index (Phi) is 22.7. The van der Waals surface area contributed by atoms with Crippen LogP contribution in [0.15, 0.2) is 72.2 Å². The Hall–Kier alpha value is -7.48. The first-order chi connectivity index (χ1) is 45.3. The van der Waals surface area contributed by atoms with Gasteiger partial charge >= 0.3 is 25.7 Å². The number of carboxylic acid groups (broad SMARTS) is 1. The summed E-state index contributed by atoms with van der Waals surface area (Å²) in [6.07, 6.45) is -12.3. The lowest BCUT2D eigenvalue weighted by Crippen LogP contribution is -2.61. The number of likely N-dealkylation sites (tertiary alicyclic amines) is 1. The van der Waals surface area contributed by atoms with Gasteiger partial charge in [-0.3, -0.25) is 62.1 Å². The number of rotatable bonds is 22. The van der Waals surface area contributed by atoms with Crippen molar-refractivity contribution in [2.45, 2.75) is 138 Å². The standard InChI is InChI=1S/C56H67N11O24P2S2/c1-65(56(80)83-23-28-10-11-34(88-54-46(75)44(73)45(74)48(89-54)53(78)79)33(19-28)61-38(69)14-17-58-37(68)9-3-2-6-18-66-40(70)12-13-41(66)71)22-29-7-4-5-8-32(29)50(76)63-55-62-49-42(51(77)64-55)60-27-67(49)52-47-43(72)36(87-52)25-85-92(81,94)90-35-21-31(86-39-15-16-57-26-59-39)20-30(35)24-84-93(82,95)91-47/h4-5,7-8,10-11,15-16,19,26-27,30-31,35-36,43-48,52,54,72-75H,2-3,6,9,12-14,17-18,20-25H2,1H3,(H,58,68)(H,61,69)(H,78,79)(H,81,94)(H,82,95)(H2,62,63,64,76,77)/t30-,31-,35+,36-,43-,44+,45+,46-,47-,48+,52-,54-,92-,93-/m1/s1. The predicted molar refractivity (Wildman–Crippen MR) is 330 cm³/mol. The summed E-state index contributed by atoms with van der Waals surface area (Å²) in [7, 11) is 1.37. The van der Waals surface area contributed by atoms with E-state index < -0.39 is 136 Å². The van der Waals surface area contributed by atoms with Crippen molar-refractivity contribution < 1.29 is 110 Å². The molecule has 512 valence electrons. The minimum atomic E-state index is -4.42. The lowest BCUT2D eigenvalue weighted by molar-refractivity contribution is -0.271. The van der Waals surface area contributed by atoms with E-state index in [1.54, 1.807) is 12.1 Å². The van der Waals surface area contributed by atoms with E-state index in [1.807, 2.05) is 0 Å². The Bertz CT molecular complexity index is 3820. The SMILES string of the molecule is CN(Cc1ccccc1C(=O)Nc1nc2c(ncn2[C@@H]2O[C@@H]3CO[P@@](=O)(S)O[C@H]4C[C@H](Oc5ccncn5)C[C@@H]4CO[P@@](=O)(S)O[C@@H]2[C@@H]3O)c(=O)[nH]1)C(=O)OCc1ccc(O[C@@H]2O[C@H](C(=O)O)[C@@H](O)[C@H](O)[C@H]2O)c(NC(=O)CCNC(=O)CCCCCN2C(=O)CCC2=O)c1. The van der Waals surface area contributed by atoms with Crippen molar-refractivity contribution in [1.29, 1.82) is 0 Å². The maximum atomic E-state index is 14.1. The number of aromatic amines is 1. The van der Waals surface area contributed by atoms with Crippen molar-refractivity contribution in [2.75, 3.05) is 44.0 Å². The molecule has 0 spiro atoms. The Balaban J connectivity index is 0.774. The zero-order chi connectivity index (χ0) is 67.9. The van der Waals surface area contributed by atoms with Crippen molar-refractivity contribution in [2.24, 2.45) is 5.92 Å². The third kappa shape index (κ3) is 17.6. The Morgan fingerprint density at radius 2 is 1.58 bits per heavy atom. The molecule has 5 fully saturated rings. The fraction of sp³-hybridized carbons (Fsp3) is 0.500. The first-order valence-corrected chi connectivity index (χ1v) is 35.1. The molecular weight excluding hydrogens is 1340 g/mol. The lowest BCUT2D eigenvalue weighted by atomic mass is 9.99. The first kappa shape index (κ1) is 70.3. The van der Waals surface area contributed by atoms with Crippen LogP contribution in [0.25, 0.3) is 11.2 Å². The molecule has 10 rings (SSSR count). The molecule has 35 nitrogen and oxygen atoms in total. The summed E-state index contributed by atoms with van der Waals surface area (Å²) in [6, 6.07) is 11.6. The smallest absolute Gasteiger partial charge is 0.410 e. The van der Waals surface area contributed by atoms with Crippen molar-refractivity contribution >= 4 is 102 Å². The number of anilines is 2. The van der Waals surface area contributed by atoms with Gasteiger partial charge in [0, 0.05) is 82.5 Å². The van der Waals surface area contributed by atoms with Crippen molar-refractivity contribution in [1.82, 2.24) is 44.6 Å². The average molecular weight is 1400 g/mol. The molecule has 6 amide bonds. The third-order valence-electron chi connectivity index (χ3n) is 15.9. The summed E-state index contributed by atoms with van der Waals surface area (Å²) < 4.78 is 80.8. The predicted octanol–water partition coefficient (Wildman–Crippen LogP) is 2.36. The number of aliphatic hydroxyl groups is 4. The molecule has 4 saturated heterocycles. The Labute approximate surface area is 549 Å². The van der Waals surface area contributed by atoms with E-state index >= 15 is 0 Å². The summed E-state index contributed by atoms with van der Waals surface area (Å²) in [5, 5.41) is 60.4. The molecule has 3 aromatic heterocycles. The molecule has 5 aromatic rings. The van der Waals surface area contributed by atoms with Gasteiger partial charge in [0.1, 0.15) is 61.4 Å². The lowest BCUT2D eigenvalue weighted by Gasteiger charge is -2.38. The molecule has 5 aliphatic rings. The van der Waals surface area contributed by atoms with Gasteiger partial charge in [-0.05, 0) is 48.6 Å². The number of H-pyrrole nitrogens is 1. The number of aliphatic carboxylic acids is 1. The highest BCUT2D eigenvalue weighted by Gasteiger charge is 2.52. The fourth-order valence-corrected chi connectivity index (χ4v) is 14.1. The number of carbonyl (C=O) groups excluding carboxylic acids is 6. The van der Waals surface area contributed by atoms with E-state index in [2.05, 4.69) is 65.4 Å². The number of aliphatic hydroxyl groups excluding tert-OH is 4. The number of imide groups is 1. The summed E-state index contributed by atoms with van der Waals surface area (Å²) in [6.45, 7) is -10.1. The van der Waals surface area contributed by atoms with Crippen LogP contribution in [0.4, 0.5) is 16.4 Å². The van der Waals surface area contributed by atoms with E-state index in [4.69, 9.17) is 41.8 Å². The number of hydrogen-bond donors (Lipinski definition) is 11. The van der Waals surface area contributed by atoms with Gasteiger partial charge in [0.25, 0.3) is 11.5 Å². The van der Waals surface area contributed by atoms with E-state index in [0.717, 1.165) is 11.2 Å². The number of ether oxygens (including phenoxy) is 5. The van der Waals surface area contributed by atoms with Gasteiger partial charge in [-0.25, -0.2) is 33.7 Å². The molecule has 7 heterocycles. The highest BCUT2D eigenvalue weighted by molar-refractivity contribution is 8.44. The number of aromatic nitrogens is 6. The fourth-order valence-electron chi connectivity index (χ4n) is 11.1. The molecule has 0 radical (unpaired) electrons. The molecule has 4 aliphatic heterocycles. The number of unbranched alkanes of at least 4 members (excludes halogenated alkanes) is 2. The maximum absolute atomic E-state index is 14.1. The minimum absolute atomic E-state index is 0.00438. The van der Waals surface area contributed by atoms with Gasteiger partial charge in [0.2, 0.25) is 41.7 Å². The Morgan fingerprint density at radius 3 is 2.34 bits per heavy atom. The van der Waals surface area contributed by atoms with Crippen LogP contribution in [0.1, 0.15) is 85.5 Å². The second-order valence-corrected chi connectivity index (χ2v) is 28.4. The zero-order valence-electron chi connectivity index (χ0n) is 50.3. The second kappa shape index (κ2) is 30.7. The summed E-state index contributed by atoms with van der Waals surface area (Å²) in [4.78, 5) is 124. The third-order valence-corrected chi connectivity index (χ3v) is 19.1. The molecule has 2 bridgehead atoms. The van der Waals surface area contributed by atoms with E-state index in [-0.39, 0.29) is 128 Å². The zero-order valence-corrected chi connectivity index (χ0v) is 53.9. The van der Waals surface area contributed by atoms with Crippen molar-refractivity contribution in [3.63, 3.8) is 0 Å². The van der Waals surface area contributed by atoms with Gasteiger partial charge < -0.3 is 69.3 Å². The second-order valence-electron chi connectivity index (χ2n) is 22.7. The first-order valence-electron chi connectivity index (χ1n) is 29.7. The van der Waals surface area contributed by atoms with Crippen LogP contribution < -0.4 is 31.0 Å². The van der Waals surface area contributed by atoms with Crippen LogP contribution in [0.2, 0.25) is 0 Å². The quantitative estimate of drug-likeness (QED) is 0.0205. The number of imidazole rings is 1. The van der Waals surface area contributed by atoms with Crippen molar-refractivity contribution in [3.8, 4) is 11.6 Å². The van der Waals surface area contributed by atoms with Gasteiger partial charge in [0.05, 0.1) is 31.3 Å². The summed E-state index contributed by atoms with van der Waals surface area (Å²) in [5.74, 6) is -4.95. The normalized spacial score (nSPS) is 28.5. The molecule has 9 N–H and O–H groups in total. The van der Waals surface area contributed by atoms with E-state index in [1.165, 1.54) is 65.4 Å². The van der Waals surface area contributed by atoms with Crippen molar-refractivity contribution in [3.05, 3.63) is 94.4 Å². The number of carbonyl (C=O) groups is 7. The summed E-state index contributed by atoms with van der Waals surface area (Å²) >= 11 is 8.41. The van der Waals surface area contributed by atoms with Crippen LogP contribution in [0.5, 0.6) is 11.6 Å². The molecule has 1 saturated carbocycles. The molecule has 0 unspecified atom stereocenters. The van der Waals surface area contributed by atoms with Crippen LogP contribution in [-0.4, -0.2) is 201 Å². The number of carboxylic acids is 1. The molecule has 39 heteroatoms. The number of amides is 6. The van der Waals surface area contributed by atoms with Gasteiger partial charge in [-0.15, -0.1) is 0 Å². The summed E-state index contributed by atoms with van der Waals surface area (Å²) in [5.41, 5.74) is -0.954. The number of nitrogens with one attached hydrogen (secondary N) is 4. The van der Waals surface area contributed by atoms with Crippen LogP contribution in [-0.2, 0) is 78.6 Å². The number of hydrogen-bond acceptors (Lipinski definition) is 27. The number of thiol groups is 2. The van der Waals surface area contributed by atoms with Gasteiger partial charge in [0.15, 0.2) is 23.5 Å².